The number of ether oxygens (including phenoxy) is 3. The van der Waals surface area contributed by atoms with Crippen molar-refractivity contribution in [2.45, 2.75) is 32.2 Å². The van der Waals surface area contributed by atoms with Gasteiger partial charge < -0.3 is 24.2 Å². The third-order valence-corrected chi connectivity index (χ3v) is 3.90. The Morgan fingerprint density at radius 2 is 2.05 bits per heavy atom. The number of hydrogen-bond donors (Lipinski definition) is 1. The predicted molar refractivity (Wildman–Crippen MR) is 72.6 cm³/mol. The zero-order valence-corrected chi connectivity index (χ0v) is 12.1. The van der Waals surface area contributed by atoms with Gasteiger partial charge in [0, 0.05) is 19.1 Å². The fourth-order valence-electron chi connectivity index (χ4n) is 2.84. The van der Waals surface area contributed by atoms with E-state index >= 15 is 0 Å². The van der Waals surface area contributed by atoms with Crippen molar-refractivity contribution in [3.63, 3.8) is 0 Å². The molecule has 114 valence electrons. The van der Waals surface area contributed by atoms with Crippen molar-refractivity contribution >= 4 is 6.09 Å². The Labute approximate surface area is 119 Å². The number of amides is 1. The van der Waals surface area contributed by atoms with Crippen LogP contribution in [0.15, 0.2) is 12.2 Å². The third-order valence-electron chi connectivity index (χ3n) is 3.90. The van der Waals surface area contributed by atoms with Crippen molar-refractivity contribution in [2.24, 2.45) is 5.92 Å². The highest BCUT2D eigenvalue weighted by Gasteiger charge is 2.52. The van der Waals surface area contributed by atoms with E-state index in [0.29, 0.717) is 32.9 Å². The van der Waals surface area contributed by atoms with Crippen molar-refractivity contribution in [2.75, 3.05) is 32.9 Å². The Morgan fingerprint density at radius 3 is 2.55 bits per heavy atom. The van der Waals surface area contributed by atoms with Gasteiger partial charge >= 0.3 is 6.09 Å². The summed E-state index contributed by atoms with van der Waals surface area (Å²) < 4.78 is 16.9. The molecule has 2 saturated heterocycles. The maximum Gasteiger partial charge on any atom is 0.407 e. The summed E-state index contributed by atoms with van der Waals surface area (Å²) in [5, 5.41) is 8.89. The van der Waals surface area contributed by atoms with E-state index in [9.17, 15) is 4.79 Å². The highest BCUT2D eigenvalue weighted by Crippen LogP contribution is 2.41. The van der Waals surface area contributed by atoms with E-state index in [-0.39, 0.29) is 11.5 Å². The minimum absolute atomic E-state index is 0.161. The van der Waals surface area contributed by atoms with Gasteiger partial charge in [-0.2, -0.15) is 0 Å². The summed E-state index contributed by atoms with van der Waals surface area (Å²) in [6.07, 6.45) is -0.501. The Bertz CT molecular complexity index is 372. The number of likely N-dealkylation sites (tertiary alicyclic amines) is 1. The first-order valence-corrected chi connectivity index (χ1v) is 7.05. The molecule has 6 nitrogen and oxygen atoms in total. The zero-order chi connectivity index (χ0) is 14.8. The van der Waals surface area contributed by atoms with E-state index in [4.69, 9.17) is 19.3 Å². The molecule has 0 aromatic heterocycles. The van der Waals surface area contributed by atoms with Crippen LogP contribution in [0.25, 0.3) is 0 Å². The van der Waals surface area contributed by atoms with Gasteiger partial charge in [0.2, 0.25) is 0 Å². The lowest BCUT2D eigenvalue weighted by Gasteiger charge is -2.45. The second kappa shape index (κ2) is 6.11. The third kappa shape index (κ3) is 2.97. The molecule has 1 spiro atoms. The smallest absolute Gasteiger partial charge is 0.407 e. The molecule has 6 heteroatoms. The normalized spacial score (nSPS) is 24.1. The molecular weight excluding hydrogens is 262 g/mol. The van der Waals surface area contributed by atoms with Gasteiger partial charge in [0.15, 0.2) is 6.29 Å². The van der Waals surface area contributed by atoms with Crippen molar-refractivity contribution in [1.82, 2.24) is 4.90 Å². The SMILES string of the molecule is C=C(C1COC2(C1)CN(C(=O)O)C2)C(OCC)OCC. The van der Waals surface area contributed by atoms with Gasteiger partial charge in [0.1, 0.15) is 5.60 Å². The van der Waals surface area contributed by atoms with E-state index in [1.807, 2.05) is 13.8 Å². The lowest BCUT2D eigenvalue weighted by molar-refractivity contribution is -0.115. The Balaban J connectivity index is 1.89. The van der Waals surface area contributed by atoms with Crippen molar-refractivity contribution in [1.29, 1.82) is 0 Å². The number of rotatable bonds is 6. The van der Waals surface area contributed by atoms with Crippen LogP contribution in [0.5, 0.6) is 0 Å². The molecule has 2 heterocycles. The Hall–Kier alpha value is -1.11. The molecule has 0 bridgehead atoms. The zero-order valence-electron chi connectivity index (χ0n) is 12.1. The molecule has 1 N–H and O–H groups in total. The lowest BCUT2D eigenvalue weighted by atomic mass is 9.84. The first kappa shape index (κ1) is 15.3. The summed E-state index contributed by atoms with van der Waals surface area (Å²) in [7, 11) is 0. The summed E-state index contributed by atoms with van der Waals surface area (Å²) in [6.45, 7) is 10.5. The highest BCUT2D eigenvalue weighted by molar-refractivity contribution is 5.66. The second-order valence-electron chi connectivity index (χ2n) is 5.35. The predicted octanol–water partition coefficient (Wildman–Crippen LogP) is 1.71. The van der Waals surface area contributed by atoms with Crippen LogP contribution in [0.3, 0.4) is 0 Å². The van der Waals surface area contributed by atoms with Gasteiger partial charge in [0.25, 0.3) is 0 Å². The topological polar surface area (TPSA) is 68.2 Å². The van der Waals surface area contributed by atoms with Crippen molar-refractivity contribution < 1.29 is 24.1 Å². The highest BCUT2D eigenvalue weighted by atomic mass is 16.7. The molecule has 1 amide bonds. The number of nitrogens with zero attached hydrogens (tertiary/aromatic N) is 1. The molecule has 2 aliphatic heterocycles. The largest absolute Gasteiger partial charge is 0.465 e. The Morgan fingerprint density at radius 1 is 1.45 bits per heavy atom. The molecule has 0 radical (unpaired) electrons. The summed E-state index contributed by atoms with van der Waals surface area (Å²) >= 11 is 0. The molecule has 0 aromatic carbocycles. The van der Waals surface area contributed by atoms with Crippen LogP contribution in [0.1, 0.15) is 20.3 Å². The molecule has 1 unspecified atom stereocenters. The van der Waals surface area contributed by atoms with Gasteiger partial charge in [-0.05, 0) is 25.8 Å². The summed E-state index contributed by atoms with van der Waals surface area (Å²) in [5.74, 6) is 0.161. The van der Waals surface area contributed by atoms with E-state index < -0.39 is 12.4 Å². The summed E-state index contributed by atoms with van der Waals surface area (Å²) in [6, 6.07) is 0. The van der Waals surface area contributed by atoms with Gasteiger partial charge in [0.05, 0.1) is 19.7 Å². The second-order valence-corrected chi connectivity index (χ2v) is 5.35. The fraction of sp³-hybridized carbons (Fsp3) is 0.786. The Kier molecular flexibility index (Phi) is 4.67. The molecular formula is C14H23NO5. The van der Waals surface area contributed by atoms with Gasteiger partial charge in [-0.25, -0.2) is 4.79 Å². The van der Waals surface area contributed by atoms with E-state index in [1.54, 1.807) is 0 Å². The van der Waals surface area contributed by atoms with Crippen LogP contribution in [0.2, 0.25) is 0 Å². The maximum atomic E-state index is 10.8. The first-order chi connectivity index (χ1) is 9.51. The molecule has 0 saturated carbocycles. The van der Waals surface area contributed by atoms with Crippen LogP contribution in [0.4, 0.5) is 4.79 Å². The first-order valence-electron chi connectivity index (χ1n) is 7.05. The lowest BCUT2D eigenvalue weighted by Crippen LogP contribution is -2.62. The molecule has 1 atom stereocenters. The van der Waals surface area contributed by atoms with Crippen LogP contribution >= 0.6 is 0 Å². The molecule has 2 aliphatic rings. The monoisotopic (exact) mass is 285 g/mol. The van der Waals surface area contributed by atoms with E-state index in [0.717, 1.165) is 12.0 Å². The van der Waals surface area contributed by atoms with Crippen LogP contribution in [-0.2, 0) is 14.2 Å². The van der Waals surface area contributed by atoms with E-state index in [1.165, 1.54) is 4.90 Å². The molecule has 20 heavy (non-hydrogen) atoms. The summed E-state index contributed by atoms with van der Waals surface area (Å²) in [5.41, 5.74) is 0.564. The van der Waals surface area contributed by atoms with Gasteiger partial charge in [-0.3, -0.25) is 0 Å². The minimum atomic E-state index is -0.886. The minimum Gasteiger partial charge on any atom is -0.465 e. The fourth-order valence-corrected chi connectivity index (χ4v) is 2.84. The molecule has 0 aromatic rings. The molecule has 0 aliphatic carbocycles. The van der Waals surface area contributed by atoms with E-state index in [2.05, 4.69) is 6.58 Å². The number of hydrogen-bond acceptors (Lipinski definition) is 4. The average molecular weight is 285 g/mol. The van der Waals surface area contributed by atoms with Crippen LogP contribution in [0, 0.1) is 5.92 Å². The van der Waals surface area contributed by atoms with Gasteiger partial charge in [-0.1, -0.05) is 6.58 Å². The molecule has 2 rings (SSSR count). The van der Waals surface area contributed by atoms with Crippen LogP contribution in [-0.4, -0.2) is 60.9 Å². The average Bonchev–Trinajstić information content (AvgIpc) is 2.81. The van der Waals surface area contributed by atoms with Crippen LogP contribution < -0.4 is 0 Å². The number of carbonyl (C=O) groups is 1. The van der Waals surface area contributed by atoms with Gasteiger partial charge in [-0.15, -0.1) is 0 Å². The maximum absolute atomic E-state index is 10.8. The molecule has 2 fully saturated rings. The quantitative estimate of drug-likeness (QED) is 0.594. The summed E-state index contributed by atoms with van der Waals surface area (Å²) in [4.78, 5) is 12.2. The van der Waals surface area contributed by atoms with Crippen molar-refractivity contribution in [3.05, 3.63) is 12.2 Å². The van der Waals surface area contributed by atoms with Crippen molar-refractivity contribution in [3.8, 4) is 0 Å². The number of carboxylic acid groups (broad SMARTS) is 1. The standard InChI is InChI=1S/C14H23NO5/c1-4-18-12(19-5-2)10(3)11-6-14(20-7-11)8-15(9-14)13(16)17/h11-12H,3-9H2,1-2H3,(H,16,17).